The number of halogens is 6. The van der Waals surface area contributed by atoms with E-state index in [4.69, 9.17) is 11.6 Å². The third-order valence-electron chi connectivity index (χ3n) is 4.89. The van der Waals surface area contributed by atoms with E-state index in [2.05, 4.69) is 15.1 Å². The molecule has 7 nitrogen and oxygen atoms in total. The maximum atomic E-state index is 14.7. The molecule has 13 heteroatoms. The van der Waals surface area contributed by atoms with Gasteiger partial charge in [0.1, 0.15) is 22.7 Å². The molecule has 0 radical (unpaired) electrons. The summed E-state index contributed by atoms with van der Waals surface area (Å²) in [5.41, 5.74) is -3.08. The minimum absolute atomic E-state index is 0.0178. The Kier molecular flexibility index (Phi) is 5.77. The minimum atomic E-state index is -2.02. The number of amides is 1. The van der Waals surface area contributed by atoms with Crippen molar-refractivity contribution in [2.45, 2.75) is 13.8 Å². The average Bonchev–Trinajstić information content (AvgIpc) is 2.77. The first-order valence-electron chi connectivity index (χ1n) is 9.37. The Labute approximate surface area is 191 Å². The van der Waals surface area contributed by atoms with E-state index in [1.807, 2.05) is 0 Å². The van der Waals surface area contributed by atoms with E-state index >= 15 is 0 Å². The summed E-state index contributed by atoms with van der Waals surface area (Å²) in [6.45, 7) is 3.25. The molecule has 34 heavy (non-hydrogen) atoms. The van der Waals surface area contributed by atoms with Crippen molar-refractivity contribution in [3.63, 3.8) is 0 Å². The largest absolute Gasteiger partial charge is 0.315 e. The van der Waals surface area contributed by atoms with Crippen molar-refractivity contribution in [1.82, 2.24) is 19.7 Å². The number of carbonyl (C=O) groups is 1. The Balaban J connectivity index is 1.97. The number of rotatable bonds is 3. The summed E-state index contributed by atoms with van der Waals surface area (Å²) in [5, 5.41) is 5.49. The van der Waals surface area contributed by atoms with Crippen LogP contribution in [0.5, 0.6) is 0 Å². The van der Waals surface area contributed by atoms with Gasteiger partial charge in [0.2, 0.25) is 17.1 Å². The van der Waals surface area contributed by atoms with Crippen molar-refractivity contribution >= 4 is 34.2 Å². The second-order valence-corrected chi connectivity index (χ2v) is 7.53. The first-order chi connectivity index (χ1) is 16.0. The lowest BCUT2D eigenvalue weighted by molar-refractivity contribution is 0.101. The number of fused-ring (bicyclic) bond motifs is 1. The van der Waals surface area contributed by atoms with Crippen molar-refractivity contribution in [3.05, 3.63) is 85.8 Å². The summed E-state index contributed by atoms with van der Waals surface area (Å²) in [5.74, 6) is -10.4. The number of anilines is 1. The maximum Gasteiger partial charge on any atom is 0.280 e. The van der Waals surface area contributed by atoms with Gasteiger partial charge in [-0.1, -0.05) is 11.6 Å². The van der Waals surface area contributed by atoms with Crippen LogP contribution in [0.2, 0.25) is 5.02 Å². The van der Waals surface area contributed by atoms with Crippen LogP contribution in [0.3, 0.4) is 0 Å². The Morgan fingerprint density at radius 1 is 1.00 bits per heavy atom. The van der Waals surface area contributed by atoms with Gasteiger partial charge in [0, 0.05) is 10.7 Å². The van der Waals surface area contributed by atoms with Crippen molar-refractivity contribution in [2.24, 2.45) is 0 Å². The molecule has 3 aromatic heterocycles. The molecule has 0 aliphatic heterocycles. The Hall–Kier alpha value is -3.93. The molecular weight excluding hydrogens is 485 g/mol. The Morgan fingerprint density at radius 2 is 1.65 bits per heavy atom. The molecule has 0 spiro atoms. The molecule has 4 rings (SSSR count). The van der Waals surface area contributed by atoms with Gasteiger partial charge in [-0.2, -0.15) is 27.6 Å². The van der Waals surface area contributed by atoms with Crippen LogP contribution in [-0.4, -0.2) is 25.7 Å². The lowest BCUT2D eigenvalue weighted by atomic mass is 10.1. The van der Waals surface area contributed by atoms with Crippen LogP contribution >= 0.6 is 11.6 Å². The third kappa shape index (κ3) is 3.85. The summed E-state index contributed by atoms with van der Waals surface area (Å²) in [6, 6.07) is 4.99. The van der Waals surface area contributed by atoms with Crippen LogP contribution in [0, 0.1) is 43.2 Å². The third-order valence-corrected chi connectivity index (χ3v) is 5.13. The topological polar surface area (TPSA) is 89.8 Å². The number of aromatic nitrogens is 4. The van der Waals surface area contributed by atoms with Crippen LogP contribution in [0.15, 0.2) is 29.1 Å². The number of carbonyl (C=O) groups excluding carboxylic acids is 1. The molecule has 0 saturated heterocycles. The first kappa shape index (κ1) is 23.2. The molecule has 1 N–H and O–H groups in total. The average molecular weight is 496 g/mol. The van der Waals surface area contributed by atoms with Gasteiger partial charge in [-0.05, 0) is 43.7 Å². The van der Waals surface area contributed by atoms with Gasteiger partial charge in [-0.25, -0.2) is 14.1 Å². The highest BCUT2D eigenvalue weighted by Crippen LogP contribution is 2.24. The smallest absolute Gasteiger partial charge is 0.280 e. The lowest BCUT2D eigenvalue weighted by Crippen LogP contribution is -2.28. The van der Waals surface area contributed by atoms with Crippen LogP contribution in [0.25, 0.3) is 16.7 Å². The molecular formula is C21H11ClF5N5O2. The summed E-state index contributed by atoms with van der Waals surface area (Å²) >= 11 is 5.79. The lowest BCUT2D eigenvalue weighted by Gasteiger charge is -2.14. The van der Waals surface area contributed by atoms with Crippen LogP contribution in [0.4, 0.5) is 27.6 Å². The van der Waals surface area contributed by atoms with E-state index in [-0.39, 0.29) is 21.7 Å². The van der Waals surface area contributed by atoms with Gasteiger partial charge < -0.3 is 5.32 Å². The zero-order chi connectivity index (χ0) is 24.9. The molecule has 3 heterocycles. The Bertz CT molecular complexity index is 1550. The molecule has 0 unspecified atom stereocenters. The molecule has 0 bridgehead atoms. The molecule has 0 aliphatic rings. The molecule has 0 aliphatic carbocycles. The number of nitrogens with zero attached hydrogens (tertiary/aromatic N) is 4. The zero-order valence-corrected chi connectivity index (χ0v) is 17.9. The fraction of sp³-hybridized carbons (Fsp3) is 0.0952. The van der Waals surface area contributed by atoms with Crippen molar-refractivity contribution in [1.29, 1.82) is 0 Å². The summed E-state index contributed by atoms with van der Waals surface area (Å²) < 4.78 is 70.3. The molecule has 0 fully saturated rings. The van der Waals surface area contributed by atoms with Gasteiger partial charge in [0.15, 0.2) is 5.69 Å². The minimum Gasteiger partial charge on any atom is -0.315 e. The van der Waals surface area contributed by atoms with Gasteiger partial charge in [0.25, 0.3) is 17.8 Å². The SMILES string of the molecule is Cc1cc2c(nc1C)c(=O)c(C(=O)Nc1c(F)c(F)nc(F)c1F)nn2-c1ccc(Cl)cc1F. The molecule has 174 valence electrons. The Morgan fingerprint density at radius 3 is 2.26 bits per heavy atom. The number of hydrogen-bond acceptors (Lipinski definition) is 5. The van der Waals surface area contributed by atoms with Crippen LogP contribution in [-0.2, 0) is 0 Å². The van der Waals surface area contributed by atoms with Gasteiger partial charge in [-0.15, -0.1) is 0 Å². The highest BCUT2D eigenvalue weighted by Gasteiger charge is 2.26. The highest BCUT2D eigenvalue weighted by atomic mass is 35.5. The van der Waals surface area contributed by atoms with Crippen LogP contribution < -0.4 is 10.7 Å². The molecule has 1 amide bonds. The predicted molar refractivity (Wildman–Crippen MR) is 112 cm³/mol. The highest BCUT2D eigenvalue weighted by molar-refractivity contribution is 6.30. The molecule has 0 saturated carbocycles. The molecule has 4 aromatic rings. The van der Waals surface area contributed by atoms with E-state index < -0.39 is 52.1 Å². The van der Waals surface area contributed by atoms with E-state index in [0.717, 1.165) is 10.7 Å². The van der Waals surface area contributed by atoms with E-state index in [1.165, 1.54) is 18.2 Å². The first-order valence-corrected chi connectivity index (χ1v) is 9.75. The van der Waals surface area contributed by atoms with Crippen molar-refractivity contribution in [2.75, 3.05) is 5.32 Å². The summed E-state index contributed by atoms with van der Waals surface area (Å²) in [6.07, 6.45) is 0. The fourth-order valence-corrected chi connectivity index (χ4v) is 3.24. The number of benzene rings is 1. The fourth-order valence-electron chi connectivity index (χ4n) is 3.09. The monoisotopic (exact) mass is 495 g/mol. The standard InChI is InChI=1S/C21H11ClF5N5O2/c1-7-5-12-15(28-8(7)2)18(33)17(31-32(12)11-4-3-9(22)6-10(11)23)21(34)29-16-13(24)19(26)30-20(27)14(16)25/h3-6H,1-2H3,(H,29,30,34). The van der Waals surface area contributed by atoms with Gasteiger partial charge in [-0.3, -0.25) is 9.59 Å². The van der Waals surface area contributed by atoms with E-state index in [0.29, 0.717) is 11.3 Å². The normalized spacial score (nSPS) is 11.2. The second kappa shape index (κ2) is 8.45. The second-order valence-electron chi connectivity index (χ2n) is 7.09. The van der Waals surface area contributed by atoms with Gasteiger partial charge >= 0.3 is 0 Å². The predicted octanol–water partition coefficient (Wildman–Crippen LogP) is 4.39. The van der Waals surface area contributed by atoms with Crippen LogP contribution in [0.1, 0.15) is 21.7 Å². The molecule has 1 aromatic carbocycles. The quantitative estimate of drug-likeness (QED) is 0.336. The number of hydrogen-bond donors (Lipinski definition) is 1. The number of aryl methyl sites for hydroxylation is 2. The van der Waals surface area contributed by atoms with Crippen molar-refractivity contribution < 1.29 is 26.7 Å². The maximum absolute atomic E-state index is 14.7. The molecule has 0 atom stereocenters. The number of nitrogens with one attached hydrogen (secondary N) is 1. The number of pyridine rings is 2. The summed E-state index contributed by atoms with van der Waals surface area (Å²) in [4.78, 5) is 32.3. The van der Waals surface area contributed by atoms with Gasteiger partial charge in [0.05, 0.1) is 5.52 Å². The summed E-state index contributed by atoms with van der Waals surface area (Å²) in [7, 11) is 0. The van der Waals surface area contributed by atoms with E-state index in [9.17, 15) is 31.5 Å². The van der Waals surface area contributed by atoms with Crippen molar-refractivity contribution in [3.8, 4) is 5.69 Å². The van der Waals surface area contributed by atoms with E-state index in [1.54, 1.807) is 19.2 Å². The zero-order valence-electron chi connectivity index (χ0n) is 17.2.